The molecular formula is C10H21NO2. The fraction of sp³-hybridized carbons (Fsp3) is 0.900. The van der Waals surface area contributed by atoms with Gasteiger partial charge in [-0.1, -0.05) is 27.7 Å². The maximum absolute atomic E-state index is 11.0. The number of carbonyl (C=O) groups is 1. The Morgan fingerprint density at radius 3 is 2.23 bits per heavy atom. The lowest BCUT2D eigenvalue weighted by Gasteiger charge is -2.31. The first kappa shape index (κ1) is 12.4. The van der Waals surface area contributed by atoms with Gasteiger partial charge in [-0.3, -0.25) is 4.79 Å². The van der Waals surface area contributed by atoms with Gasteiger partial charge in [0.2, 0.25) is 0 Å². The predicted octanol–water partition coefficient (Wildman–Crippen LogP) is 1.56. The number of hydrogen-bond acceptors (Lipinski definition) is 3. The Kier molecular flexibility index (Phi) is 4.40. The van der Waals surface area contributed by atoms with Gasteiger partial charge in [0.25, 0.3) is 0 Å². The fourth-order valence-electron chi connectivity index (χ4n) is 1.09. The molecular weight excluding hydrogens is 166 g/mol. The Morgan fingerprint density at radius 1 is 1.46 bits per heavy atom. The summed E-state index contributed by atoms with van der Waals surface area (Å²) in [4.78, 5) is 11.0. The number of carbonyl (C=O) groups excluding carboxylic acids is 1. The minimum atomic E-state index is -0.233. The van der Waals surface area contributed by atoms with Crippen molar-refractivity contribution >= 4 is 5.97 Å². The van der Waals surface area contributed by atoms with Crippen LogP contribution in [-0.4, -0.2) is 19.1 Å². The standard InChI is InChI=1S/C10H21NO2/c1-7(10(2,3)4)8(11)6-9(12)13-5/h7-8H,6,11H2,1-5H3/t7?,8-/m1/s1. The molecule has 0 radical (unpaired) electrons. The lowest BCUT2D eigenvalue weighted by molar-refractivity contribution is -0.141. The second-order valence-corrected chi connectivity index (χ2v) is 4.60. The summed E-state index contributed by atoms with van der Waals surface area (Å²) in [6, 6.07) is -0.118. The molecule has 0 spiro atoms. The highest BCUT2D eigenvalue weighted by Gasteiger charge is 2.27. The molecule has 0 saturated heterocycles. The third-order valence-corrected chi connectivity index (χ3v) is 2.64. The zero-order valence-electron chi connectivity index (χ0n) is 9.26. The van der Waals surface area contributed by atoms with Crippen LogP contribution in [0, 0.1) is 11.3 Å². The largest absolute Gasteiger partial charge is 0.469 e. The van der Waals surface area contributed by atoms with Gasteiger partial charge < -0.3 is 10.5 Å². The van der Waals surface area contributed by atoms with Gasteiger partial charge in [-0.2, -0.15) is 0 Å². The molecule has 1 unspecified atom stereocenters. The third kappa shape index (κ3) is 4.27. The Balaban J connectivity index is 4.11. The molecule has 13 heavy (non-hydrogen) atoms. The van der Waals surface area contributed by atoms with Crippen LogP contribution < -0.4 is 5.73 Å². The molecule has 0 aromatic heterocycles. The number of nitrogens with two attached hydrogens (primary N) is 1. The Bertz CT molecular complexity index is 172. The Morgan fingerprint density at radius 2 is 1.92 bits per heavy atom. The molecule has 78 valence electrons. The number of rotatable bonds is 3. The van der Waals surface area contributed by atoms with Crippen molar-refractivity contribution in [3.63, 3.8) is 0 Å². The van der Waals surface area contributed by atoms with Gasteiger partial charge >= 0.3 is 5.97 Å². The van der Waals surface area contributed by atoms with E-state index in [1.807, 2.05) is 0 Å². The van der Waals surface area contributed by atoms with E-state index in [2.05, 4.69) is 32.4 Å². The molecule has 0 aromatic rings. The van der Waals surface area contributed by atoms with Crippen LogP contribution in [-0.2, 0) is 9.53 Å². The summed E-state index contributed by atoms with van der Waals surface area (Å²) in [6.07, 6.45) is 0.301. The van der Waals surface area contributed by atoms with E-state index in [-0.39, 0.29) is 17.4 Å². The summed E-state index contributed by atoms with van der Waals surface area (Å²) in [7, 11) is 1.39. The molecule has 3 heteroatoms. The predicted molar refractivity (Wildman–Crippen MR) is 53.2 cm³/mol. The third-order valence-electron chi connectivity index (χ3n) is 2.64. The van der Waals surface area contributed by atoms with Crippen LogP contribution in [0.1, 0.15) is 34.1 Å². The molecule has 2 N–H and O–H groups in total. The quantitative estimate of drug-likeness (QED) is 0.682. The highest BCUT2D eigenvalue weighted by Crippen LogP contribution is 2.28. The minimum absolute atomic E-state index is 0.118. The van der Waals surface area contributed by atoms with E-state index in [1.165, 1.54) is 7.11 Å². The van der Waals surface area contributed by atoms with Crippen molar-refractivity contribution in [3.8, 4) is 0 Å². The van der Waals surface area contributed by atoms with E-state index < -0.39 is 0 Å². The van der Waals surface area contributed by atoms with Crippen LogP contribution >= 0.6 is 0 Å². The van der Waals surface area contributed by atoms with Crippen LogP contribution in [0.3, 0.4) is 0 Å². The number of methoxy groups -OCH3 is 1. The van der Waals surface area contributed by atoms with E-state index in [0.29, 0.717) is 12.3 Å². The summed E-state index contributed by atoms with van der Waals surface area (Å²) >= 11 is 0. The van der Waals surface area contributed by atoms with Gasteiger partial charge in [0.15, 0.2) is 0 Å². The van der Waals surface area contributed by atoms with Gasteiger partial charge in [0, 0.05) is 6.04 Å². The van der Waals surface area contributed by atoms with Crippen molar-refractivity contribution in [3.05, 3.63) is 0 Å². The first-order valence-corrected chi connectivity index (χ1v) is 4.61. The lowest BCUT2D eigenvalue weighted by Crippen LogP contribution is -2.38. The molecule has 0 aliphatic rings. The zero-order valence-corrected chi connectivity index (χ0v) is 9.26. The first-order chi connectivity index (χ1) is 5.79. The average molecular weight is 187 g/mol. The highest BCUT2D eigenvalue weighted by atomic mass is 16.5. The second-order valence-electron chi connectivity index (χ2n) is 4.60. The molecule has 0 amide bonds. The molecule has 2 atom stereocenters. The summed E-state index contributed by atoms with van der Waals surface area (Å²) in [5.74, 6) is 0.0650. The van der Waals surface area contributed by atoms with Crippen molar-refractivity contribution in [2.45, 2.75) is 40.2 Å². The summed E-state index contributed by atoms with van der Waals surface area (Å²) in [6.45, 7) is 8.42. The van der Waals surface area contributed by atoms with Crippen LogP contribution in [0.15, 0.2) is 0 Å². The molecule has 0 heterocycles. The fourth-order valence-corrected chi connectivity index (χ4v) is 1.09. The van der Waals surface area contributed by atoms with E-state index in [1.54, 1.807) is 0 Å². The maximum atomic E-state index is 11.0. The van der Waals surface area contributed by atoms with Crippen molar-refractivity contribution in [2.75, 3.05) is 7.11 Å². The normalized spacial score (nSPS) is 16.5. The van der Waals surface area contributed by atoms with Gasteiger partial charge in [-0.05, 0) is 11.3 Å². The lowest BCUT2D eigenvalue weighted by atomic mass is 9.77. The molecule has 0 saturated carbocycles. The number of ether oxygens (including phenoxy) is 1. The zero-order chi connectivity index (χ0) is 10.6. The SMILES string of the molecule is COC(=O)C[C@@H](N)C(C)C(C)(C)C. The molecule has 3 nitrogen and oxygen atoms in total. The smallest absolute Gasteiger partial charge is 0.307 e. The molecule has 0 fully saturated rings. The van der Waals surface area contributed by atoms with Gasteiger partial charge in [-0.15, -0.1) is 0 Å². The average Bonchev–Trinajstić information content (AvgIpc) is 2.01. The number of hydrogen-bond donors (Lipinski definition) is 1. The van der Waals surface area contributed by atoms with E-state index in [9.17, 15) is 4.79 Å². The highest BCUT2D eigenvalue weighted by molar-refractivity contribution is 5.69. The first-order valence-electron chi connectivity index (χ1n) is 4.61. The second kappa shape index (κ2) is 4.61. The van der Waals surface area contributed by atoms with Gasteiger partial charge in [0.05, 0.1) is 13.5 Å². The number of esters is 1. The van der Waals surface area contributed by atoms with Crippen LogP contribution in [0.5, 0.6) is 0 Å². The monoisotopic (exact) mass is 187 g/mol. The van der Waals surface area contributed by atoms with E-state index in [0.717, 1.165) is 0 Å². The summed E-state index contributed by atoms with van der Waals surface area (Å²) < 4.78 is 4.56. The van der Waals surface area contributed by atoms with Gasteiger partial charge in [0.1, 0.15) is 0 Å². The molecule has 0 bridgehead atoms. The molecule has 0 aliphatic carbocycles. The molecule has 0 aliphatic heterocycles. The van der Waals surface area contributed by atoms with Crippen molar-refractivity contribution in [1.29, 1.82) is 0 Å². The van der Waals surface area contributed by atoms with Crippen molar-refractivity contribution < 1.29 is 9.53 Å². The molecule has 0 aromatic carbocycles. The summed E-state index contributed by atoms with van der Waals surface area (Å²) in [5, 5.41) is 0. The molecule has 0 rings (SSSR count). The Hall–Kier alpha value is -0.570. The topological polar surface area (TPSA) is 52.3 Å². The van der Waals surface area contributed by atoms with Crippen molar-refractivity contribution in [2.24, 2.45) is 17.1 Å². The van der Waals surface area contributed by atoms with Crippen LogP contribution in [0.2, 0.25) is 0 Å². The van der Waals surface area contributed by atoms with Crippen molar-refractivity contribution in [1.82, 2.24) is 0 Å². The maximum Gasteiger partial charge on any atom is 0.307 e. The van der Waals surface area contributed by atoms with E-state index in [4.69, 9.17) is 5.73 Å². The Labute approximate surface area is 80.6 Å². The van der Waals surface area contributed by atoms with Crippen LogP contribution in [0.25, 0.3) is 0 Å². The minimum Gasteiger partial charge on any atom is -0.469 e. The van der Waals surface area contributed by atoms with E-state index >= 15 is 0 Å². The summed E-state index contributed by atoms with van der Waals surface area (Å²) in [5.41, 5.74) is 6.01. The van der Waals surface area contributed by atoms with Gasteiger partial charge in [-0.25, -0.2) is 0 Å². The van der Waals surface area contributed by atoms with Crippen LogP contribution in [0.4, 0.5) is 0 Å².